The van der Waals surface area contributed by atoms with E-state index in [9.17, 15) is 4.79 Å². The largest absolute Gasteiger partial charge is 0.308 e. The second-order valence-electron chi connectivity index (χ2n) is 5.22. The van der Waals surface area contributed by atoms with Crippen molar-refractivity contribution in [1.82, 2.24) is 0 Å². The summed E-state index contributed by atoms with van der Waals surface area (Å²) in [5.74, 6) is 0.0956. The van der Waals surface area contributed by atoms with Crippen LogP contribution in [0.1, 0.15) is 30.5 Å². The molecule has 0 saturated heterocycles. The molecule has 2 nitrogen and oxygen atoms in total. The first-order chi connectivity index (χ1) is 10.2. The molecule has 0 bridgehead atoms. The van der Waals surface area contributed by atoms with Gasteiger partial charge in [0.15, 0.2) is 0 Å². The van der Waals surface area contributed by atoms with E-state index in [4.69, 9.17) is 0 Å². The Labute approximate surface area is 125 Å². The van der Waals surface area contributed by atoms with Crippen molar-refractivity contribution >= 4 is 23.2 Å². The highest BCUT2D eigenvalue weighted by Gasteiger charge is 2.30. The van der Waals surface area contributed by atoms with E-state index < -0.39 is 0 Å². The molecular formula is C19H19NO. The lowest BCUT2D eigenvalue weighted by Crippen LogP contribution is -2.25. The molecule has 0 unspecified atom stereocenters. The van der Waals surface area contributed by atoms with Gasteiger partial charge in [-0.3, -0.25) is 4.79 Å². The number of amides is 1. The molecule has 0 spiro atoms. The van der Waals surface area contributed by atoms with Crippen molar-refractivity contribution in [2.75, 3.05) is 11.4 Å². The summed E-state index contributed by atoms with van der Waals surface area (Å²) >= 11 is 0. The maximum absolute atomic E-state index is 12.6. The maximum atomic E-state index is 12.6. The fourth-order valence-electron chi connectivity index (χ4n) is 2.78. The fourth-order valence-corrected chi connectivity index (χ4v) is 2.78. The number of hydrogen-bond acceptors (Lipinski definition) is 1. The number of nitrogens with zero attached hydrogens (tertiary/aromatic N) is 1. The van der Waals surface area contributed by atoms with Gasteiger partial charge in [-0.05, 0) is 36.6 Å². The zero-order valence-corrected chi connectivity index (χ0v) is 12.5. The van der Waals surface area contributed by atoms with Crippen LogP contribution in [0.2, 0.25) is 0 Å². The summed E-state index contributed by atoms with van der Waals surface area (Å²) in [5.41, 5.74) is 5.22. The van der Waals surface area contributed by atoms with Gasteiger partial charge in [0.1, 0.15) is 0 Å². The first kappa shape index (κ1) is 13.6. The van der Waals surface area contributed by atoms with Crippen LogP contribution in [0.3, 0.4) is 0 Å². The van der Waals surface area contributed by atoms with Crippen LogP contribution in [-0.2, 0) is 11.2 Å². The molecule has 2 aromatic rings. The Morgan fingerprint density at radius 1 is 1.00 bits per heavy atom. The summed E-state index contributed by atoms with van der Waals surface area (Å²) in [6.07, 6.45) is 3.03. The first-order valence-electron chi connectivity index (χ1n) is 7.46. The topological polar surface area (TPSA) is 20.3 Å². The first-order valence-corrected chi connectivity index (χ1v) is 7.46. The number of carbonyl (C=O) groups is 1. The third-order valence-electron chi connectivity index (χ3n) is 3.98. The van der Waals surface area contributed by atoms with Gasteiger partial charge in [-0.25, -0.2) is 0 Å². The molecule has 1 heterocycles. The molecule has 0 fully saturated rings. The number of benzene rings is 2. The average Bonchev–Trinajstić information content (AvgIpc) is 2.80. The summed E-state index contributed by atoms with van der Waals surface area (Å²) in [4.78, 5) is 14.4. The Morgan fingerprint density at radius 3 is 2.38 bits per heavy atom. The number of rotatable bonds is 3. The van der Waals surface area contributed by atoms with Crippen molar-refractivity contribution in [1.29, 1.82) is 0 Å². The summed E-state index contributed by atoms with van der Waals surface area (Å²) in [6.45, 7) is 4.85. The van der Waals surface area contributed by atoms with E-state index in [1.807, 2.05) is 42.2 Å². The van der Waals surface area contributed by atoms with Crippen LogP contribution in [0, 0.1) is 0 Å². The quantitative estimate of drug-likeness (QED) is 0.772. The van der Waals surface area contributed by atoms with E-state index in [0.717, 1.165) is 28.8 Å². The number of para-hydroxylation sites is 1. The number of aryl methyl sites for hydroxylation is 1. The average molecular weight is 277 g/mol. The van der Waals surface area contributed by atoms with Gasteiger partial charge in [-0.1, -0.05) is 49.4 Å². The van der Waals surface area contributed by atoms with Gasteiger partial charge in [-0.15, -0.1) is 0 Å². The van der Waals surface area contributed by atoms with Crippen molar-refractivity contribution in [2.24, 2.45) is 0 Å². The second-order valence-corrected chi connectivity index (χ2v) is 5.22. The maximum Gasteiger partial charge on any atom is 0.258 e. The molecule has 0 aliphatic carbocycles. The molecule has 0 aromatic heterocycles. The smallest absolute Gasteiger partial charge is 0.258 e. The van der Waals surface area contributed by atoms with E-state index in [0.29, 0.717) is 6.54 Å². The molecular weight excluding hydrogens is 258 g/mol. The zero-order chi connectivity index (χ0) is 14.8. The molecule has 3 rings (SSSR count). The number of hydrogen-bond donors (Lipinski definition) is 0. The fraction of sp³-hybridized carbons (Fsp3) is 0.211. The van der Waals surface area contributed by atoms with Gasteiger partial charge in [-0.2, -0.15) is 0 Å². The number of carbonyl (C=O) groups excluding carboxylic acids is 1. The van der Waals surface area contributed by atoms with Gasteiger partial charge in [0.05, 0.1) is 5.69 Å². The predicted molar refractivity (Wildman–Crippen MR) is 88.2 cm³/mol. The lowest BCUT2D eigenvalue weighted by atomic mass is 10.0. The number of anilines is 1. The third-order valence-corrected chi connectivity index (χ3v) is 3.98. The van der Waals surface area contributed by atoms with E-state index >= 15 is 0 Å². The molecule has 1 amide bonds. The Balaban J connectivity index is 2.05. The summed E-state index contributed by atoms with van der Waals surface area (Å²) in [6, 6.07) is 16.4. The molecule has 0 saturated carbocycles. The zero-order valence-electron chi connectivity index (χ0n) is 12.5. The summed E-state index contributed by atoms with van der Waals surface area (Å²) in [7, 11) is 0. The van der Waals surface area contributed by atoms with Crippen molar-refractivity contribution < 1.29 is 4.79 Å². The van der Waals surface area contributed by atoms with Crippen molar-refractivity contribution in [3.8, 4) is 0 Å². The molecule has 0 N–H and O–H groups in total. The minimum atomic E-state index is 0.0956. The number of fused-ring (bicyclic) bond motifs is 1. The molecule has 0 atom stereocenters. The SMILES string of the molecule is CCc1ccc(/C=C2\C(=O)N(CC)c3ccccc32)cc1. The molecule has 106 valence electrons. The Kier molecular flexibility index (Phi) is 3.61. The molecule has 0 radical (unpaired) electrons. The molecule has 21 heavy (non-hydrogen) atoms. The Bertz CT molecular complexity index is 698. The lowest BCUT2D eigenvalue weighted by molar-refractivity contribution is -0.112. The van der Waals surface area contributed by atoms with Crippen LogP contribution in [0.25, 0.3) is 11.6 Å². The summed E-state index contributed by atoms with van der Waals surface area (Å²) in [5, 5.41) is 0. The third kappa shape index (κ3) is 2.38. The van der Waals surface area contributed by atoms with Gasteiger partial charge in [0.2, 0.25) is 0 Å². The van der Waals surface area contributed by atoms with Crippen LogP contribution in [0.5, 0.6) is 0 Å². The standard InChI is InChI=1S/C19H19NO/c1-3-14-9-11-15(12-10-14)13-17-16-7-5-6-8-18(16)20(4-2)19(17)21/h5-13H,3-4H2,1-2H3/b17-13-. The van der Waals surface area contributed by atoms with Gasteiger partial charge >= 0.3 is 0 Å². The molecule has 2 aromatic carbocycles. The van der Waals surface area contributed by atoms with Crippen molar-refractivity contribution in [3.05, 3.63) is 65.2 Å². The minimum absolute atomic E-state index is 0.0956. The number of likely N-dealkylation sites (N-methyl/N-ethyl adjacent to an activating group) is 1. The molecule has 1 aliphatic heterocycles. The van der Waals surface area contributed by atoms with Crippen molar-refractivity contribution in [3.63, 3.8) is 0 Å². The lowest BCUT2D eigenvalue weighted by Gasteiger charge is -2.13. The Hall–Kier alpha value is -2.35. The molecule has 1 aliphatic rings. The summed E-state index contributed by atoms with van der Waals surface area (Å²) < 4.78 is 0. The van der Waals surface area contributed by atoms with Gasteiger partial charge < -0.3 is 4.90 Å². The van der Waals surface area contributed by atoms with Crippen LogP contribution in [0.4, 0.5) is 5.69 Å². The van der Waals surface area contributed by atoms with Gasteiger partial charge in [0, 0.05) is 17.7 Å². The normalized spacial score (nSPS) is 15.6. The second kappa shape index (κ2) is 5.57. The van der Waals surface area contributed by atoms with E-state index in [1.54, 1.807) is 0 Å². The van der Waals surface area contributed by atoms with E-state index in [-0.39, 0.29) is 5.91 Å². The van der Waals surface area contributed by atoms with Crippen LogP contribution in [0.15, 0.2) is 48.5 Å². The van der Waals surface area contributed by atoms with Crippen LogP contribution >= 0.6 is 0 Å². The van der Waals surface area contributed by atoms with Crippen LogP contribution < -0.4 is 4.90 Å². The highest BCUT2D eigenvalue weighted by atomic mass is 16.2. The van der Waals surface area contributed by atoms with Gasteiger partial charge in [0.25, 0.3) is 5.91 Å². The molecule has 2 heteroatoms. The minimum Gasteiger partial charge on any atom is -0.308 e. The van der Waals surface area contributed by atoms with Crippen molar-refractivity contribution in [2.45, 2.75) is 20.3 Å². The highest BCUT2D eigenvalue weighted by Crippen LogP contribution is 2.37. The van der Waals surface area contributed by atoms with E-state index in [1.165, 1.54) is 5.56 Å². The highest BCUT2D eigenvalue weighted by molar-refractivity contribution is 6.35. The monoisotopic (exact) mass is 277 g/mol. The Morgan fingerprint density at radius 2 is 1.71 bits per heavy atom. The predicted octanol–water partition coefficient (Wildman–Crippen LogP) is 4.16. The van der Waals surface area contributed by atoms with E-state index in [2.05, 4.69) is 31.2 Å². The van der Waals surface area contributed by atoms with Crippen LogP contribution in [-0.4, -0.2) is 12.5 Å².